The van der Waals surface area contributed by atoms with Crippen molar-refractivity contribution in [1.82, 2.24) is 19.6 Å². The maximum Gasteiger partial charge on any atom is 1.00 e. The molecule has 4 bridgehead atoms. The molecule has 0 radical (unpaired) electrons. The molecule has 5 aliphatic carbocycles. The fourth-order valence-electron chi connectivity index (χ4n) is 10.3. The molecule has 0 aromatic heterocycles. The summed E-state index contributed by atoms with van der Waals surface area (Å²) in [4.78, 5) is 28.3. The van der Waals surface area contributed by atoms with Gasteiger partial charge >= 0.3 is 148 Å². The van der Waals surface area contributed by atoms with Crippen LogP contribution in [-0.4, -0.2) is 139 Å². The van der Waals surface area contributed by atoms with E-state index < -0.39 is 0 Å². The van der Waals surface area contributed by atoms with E-state index >= 15 is 0 Å². The molecular formula is C42H63N10Na5O5. The Balaban J connectivity index is 0.000000388. The largest absolute Gasteiger partial charge is 1.00 e. The van der Waals surface area contributed by atoms with Crippen molar-refractivity contribution in [2.45, 2.75) is 109 Å². The maximum atomic E-state index is 11.8. The summed E-state index contributed by atoms with van der Waals surface area (Å²) >= 11 is 0. The van der Waals surface area contributed by atoms with Gasteiger partial charge in [0.25, 0.3) is 0 Å². The Morgan fingerprint density at radius 3 is 1.42 bits per heavy atom. The Morgan fingerprint density at radius 1 is 0.548 bits per heavy atom. The van der Waals surface area contributed by atoms with Crippen LogP contribution in [0.4, 0.5) is 5.69 Å². The van der Waals surface area contributed by atoms with Gasteiger partial charge in [0.15, 0.2) is 0 Å². The zero-order valence-electron chi connectivity index (χ0n) is 39.6. The van der Waals surface area contributed by atoms with Crippen LogP contribution in [0.3, 0.4) is 0 Å². The Hall–Kier alpha value is 0.570. The van der Waals surface area contributed by atoms with Crippen molar-refractivity contribution in [3.63, 3.8) is 0 Å². The van der Waals surface area contributed by atoms with E-state index in [0.29, 0.717) is 32.2 Å². The topological polar surface area (TPSA) is 193 Å². The molecule has 15 nitrogen and oxygen atoms in total. The quantitative estimate of drug-likeness (QED) is 0.263. The second-order valence-electron chi connectivity index (χ2n) is 17.8. The predicted octanol–water partition coefficient (Wildman–Crippen LogP) is -15.0. The summed E-state index contributed by atoms with van der Waals surface area (Å²) in [7, 11) is 1.75. The van der Waals surface area contributed by atoms with Crippen molar-refractivity contribution < 1.29 is 173 Å². The number of aliphatic imine (C=N–C) groups is 5. The molecule has 5 fully saturated rings. The molecule has 20 heteroatoms. The van der Waals surface area contributed by atoms with Crippen LogP contribution in [-0.2, 0) is 0 Å². The van der Waals surface area contributed by atoms with Crippen molar-refractivity contribution in [1.29, 1.82) is 0 Å². The molecule has 0 spiro atoms. The predicted molar refractivity (Wildman–Crippen MR) is 216 cm³/mol. The number of likely N-dealkylation sites (N-methyl/N-ethyl adjacent to an activating group) is 1. The molecule has 0 atom stereocenters. The Labute approximate surface area is 481 Å². The Kier molecular flexibility index (Phi) is 28.1. The first-order valence-corrected chi connectivity index (χ1v) is 21.3. The second-order valence-corrected chi connectivity index (χ2v) is 17.8. The molecule has 5 saturated carbocycles. The van der Waals surface area contributed by atoms with Crippen LogP contribution >= 0.6 is 0 Å². The van der Waals surface area contributed by atoms with Gasteiger partial charge in [-0.2, -0.15) is 0 Å². The summed E-state index contributed by atoms with van der Waals surface area (Å²) in [6.07, 6.45) is 14.5. The molecule has 62 heavy (non-hydrogen) atoms. The maximum absolute atomic E-state index is 11.8. The molecule has 316 valence electrons. The van der Waals surface area contributed by atoms with Crippen LogP contribution in [0.15, 0.2) is 55.3 Å². The van der Waals surface area contributed by atoms with E-state index in [2.05, 4.69) is 29.9 Å². The summed E-state index contributed by atoms with van der Waals surface area (Å²) in [6.45, 7) is 13.5. The van der Waals surface area contributed by atoms with Crippen LogP contribution in [0.2, 0.25) is 0 Å². The summed E-state index contributed by atoms with van der Waals surface area (Å²) in [5, 5.41) is 55.5. The van der Waals surface area contributed by atoms with E-state index in [1.54, 1.807) is 21.7 Å². The monoisotopic (exact) mass is 902 g/mol. The third-order valence-electron chi connectivity index (χ3n) is 12.7. The summed E-state index contributed by atoms with van der Waals surface area (Å²) < 4.78 is 0. The van der Waals surface area contributed by atoms with Gasteiger partial charge in [0.1, 0.15) is 0 Å². The number of amidine groups is 5. The van der Waals surface area contributed by atoms with Crippen LogP contribution in [0, 0.1) is 17.8 Å². The molecule has 5 aliphatic heterocycles. The van der Waals surface area contributed by atoms with Gasteiger partial charge in [-0.25, -0.2) is 0 Å². The summed E-state index contributed by atoms with van der Waals surface area (Å²) in [5.41, 5.74) is 1.12. The fourth-order valence-corrected chi connectivity index (χ4v) is 10.3. The van der Waals surface area contributed by atoms with Gasteiger partial charge in [0.05, 0.1) is 56.8 Å². The molecule has 0 N–H and O–H groups in total. The molecule has 1 aromatic carbocycles. The van der Waals surface area contributed by atoms with Gasteiger partial charge in [-0.15, -0.1) is 0 Å². The van der Waals surface area contributed by atoms with Gasteiger partial charge in [-0.05, 0) is 102 Å². The first-order chi connectivity index (χ1) is 27.3. The minimum absolute atomic E-state index is 0. The van der Waals surface area contributed by atoms with E-state index in [9.17, 15) is 25.5 Å². The number of rotatable bonds is 3. The van der Waals surface area contributed by atoms with E-state index in [1.807, 2.05) is 56.0 Å². The molecule has 11 rings (SSSR count). The second kappa shape index (κ2) is 28.8. The molecule has 10 aliphatic rings. The van der Waals surface area contributed by atoms with Gasteiger partial charge in [-0.3, -0.25) is 25.0 Å². The van der Waals surface area contributed by atoms with E-state index in [0.717, 1.165) is 62.7 Å². The Morgan fingerprint density at radius 2 is 1.03 bits per heavy atom. The van der Waals surface area contributed by atoms with Crippen LogP contribution in [0.1, 0.15) is 91.4 Å². The number of nitrogens with zero attached hydrogens (tertiary/aromatic N) is 10. The number of anilines is 1. The number of para-hydroxylation sites is 1. The van der Waals surface area contributed by atoms with Gasteiger partial charge in [-0.1, -0.05) is 37.5 Å². The summed E-state index contributed by atoms with van der Waals surface area (Å²) in [6, 6.07) is 9.95. The van der Waals surface area contributed by atoms with E-state index in [4.69, 9.17) is 0 Å². The van der Waals surface area contributed by atoms with Crippen LogP contribution < -0.4 is 178 Å². The van der Waals surface area contributed by atoms with Crippen LogP contribution in [0.5, 0.6) is 0 Å². The molecule has 0 saturated heterocycles. The Bertz CT molecular complexity index is 1610. The van der Waals surface area contributed by atoms with E-state index in [-0.39, 0.29) is 189 Å². The number of hydrogen-bond acceptors (Lipinski definition) is 15. The van der Waals surface area contributed by atoms with Crippen molar-refractivity contribution in [2.75, 3.05) is 77.4 Å². The number of hydrogen-bond donors (Lipinski definition) is 0. The SMILES string of the molecule is CC(C)(C)N1CCN=C1[O-].CN1CCN=C1[O-].[Na+].[Na+].[Na+].[Na+].[Na+].[O-]C1=NCCN1C12CC3CC(CC(C3)C1)C2.[O-]C1=NCCN1C1CCCCC1.[O-]C1=NCCN1c1ccccc1. The zero-order chi connectivity index (χ0) is 40.6. The average Bonchev–Trinajstić information content (AvgIpc) is 4.04. The first kappa shape index (κ1) is 60.6. The van der Waals surface area contributed by atoms with Crippen molar-refractivity contribution >= 4 is 35.8 Å². The third kappa shape index (κ3) is 16.7. The first-order valence-electron chi connectivity index (χ1n) is 21.3. The van der Waals surface area contributed by atoms with Crippen molar-refractivity contribution in [3.8, 4) is 0 Å². The van der Waals surface area contributed by atoms with Gasteiger partial charge in [0, 0.05) is 68.6 Å². The molecule has 0 unspecified atom stereocenters. The zero-order valence-corrected chi connectivity index (χ0v) is 49.6. The molecule has 5 heterocycles. The van der Waals surface area contributed by atoms with E-state index in [1.165, 1.54) is 70.6 Å². The molecular weight excluding hydrogens is 839 g/mol. The number of benzene rings is 1. The van der Waals surface area contributed by atoms with Gasteiger partial charge < -0.3 is 50.0 Å². The molecule has 1 aromatic rings. The smallest absolute Gasteiger partial charge is 0.846 e. The third-order valence-corrected chi connectivity index (χ3v) is 12.7. The standard InChI is InChI=1S/C13H20N2O.C9H16N2O.C9H10N2O.C7H14N2O.C4H8N2O.5Na/c16-12-14-1-2-15(12)13-6-9-3-10(7-13)5-11(4-9)8-13;2*12-9-10-6-7-11(9)8-4-2-1-3-5-8;1-7(2,3)9-5-4-8-6(9)10;1-6-3-2-5-4(6)7;;;;;/h9-11H,1-8H2,(H,14,16);8H,1-7H2,(H,10,12);1-5H,6-7H2,(H,10,12);4-5H2,1-3H3,(H,8,10);2-3H2,1H3,(H,5,7);;;;;/q;;;;;5*+1/p-5. The van der Waals surface area contributed by atoms with Crippen molar-refractivity contribution in [2.24, 2.45) is 42.7 Å². The molecule has 0 amide bonds. The fraction of sp³-hybridized carbons (Fsp3) is 0.738. The minimum atomic E-state index is -0.124. The van der Waals surface area contributed by atoms with Gasteiger partial charge in [0.2, 0.25) is 0 Å². The normalized spacial score (nSPS) is 26.5. The average molecular weight is 903 g/mol. The van der Waals surface area contributed by atoms with Crippen molar-refractivity contribution in [3.05, 3.63) is 30.3 Å². The van der Waals surface area contributed by atoms with Crippen LogP contribution in [0.25, 0.3) is 0 Å². The minimum Gasteiger partial charge on any atom is -0.846 e. The summed E-state index contributed by atoms with van der Waals surface area (Å²) in [5.74, 6) is 2.75.